The minimum absolute atomic E-state index is 0. The van der Waals surface area contributed by atoms with Crippen molar-refractivity contribution in [1.82, 2.24) is 19.9 Å². The van der Waals surface area contributed by atoms with Crippen molar-refractivity contribution in [3.8, 4) is 5.75 Å². The van der Waals surface area contributed by atoms with Gasteiger partial charge in [0.15, 0.2) is 11.7 Å². The van der Waals surface area contributed by atoms with Crippen LogP contribution >= 0.6 is 0 Å². The molecule has 0 saturated carbocycles. The van der Waals surface area contributed by atoms with Crippen molar-refractivity contribution in [2.75, 3.05) is 47.9 Å². The number of rotatable bonds is 18. The molecule has 0 aliphatic carbocycles. The van der Waals surface area contributed by atoms with E-state index in [9.17, 15) is 27.3 Å². The number of hydrogen-bond acceptors (Lipinski definition) is 16. The predicted molar refractivity (Wildman–Crippen MR) is 224 cm³/mol. The summed E-state index contributed by atoms with van der Waals surface area (Å²) in [6.45, 7) is 14.5. The molecule has 2 aromatic heterocycles. The first-order valence-electron chi connectivity index (χ1n) is 18.1. The molecule has 23 heteroatoms. The van der Waals surface area contributed by atoms with Crippen LogP contribution in [0.4, 0.5) is 56.4 Å². The summed E-state index contributed by atoms with van der Waals surface area (Å²) in [5, 5.41) is 43.4. The Kier molecular flexibility index (Phi) is 16.7. The molecule has 3 aromatic carbocycles. The van der Waals surface area contributed by atoms with Crippen LogP contribution in [-0.2, 0) is 32.0 Å². The van der Waals surface area contributed by atoms with Gasteiger partial charge in [0, 0.05) is 32.2 Å². The summed E-state index contributed by atoms with van der Waals surface area (Å²) >= 11 is 0. The number of aryl methyl sites for hydroxylation is 1. The quantitative estimate of drug-likeness (QED) is 0.00556. The summed E-state index contributed by atoms with van der Waals surface area (Å²) in [7, 11) is -3.36. The molecule has 0 amide bonds. The molecule has 61 heavy (non-hydrogen) atoms. The van der Waals surface area contributed by atoms with Crippen molar-refractivity contribution >= 4 is 74.2 Å². The van der Waals surface area contributed by atoms with E-state index in [4.69, 9.17) is 6.57 Å². The Morgan fingerprint density at radius 1 is 0.951 bits per heavy atom. The fourth-order valence-corrected chi connectivity index (χ4v) is 5.81. The topological polar surface area (TPSA) is 272 Å². The van der Waals surface area contributed by atoms with E-state index < -0.39 is 44.2 Å². The molecule has 1 radical (unpaired) electrons. The molecule has 0 unspecified atom stereocenters. The van der Waals surface area contributed by atoms with Crippen LogP contribution in [-0.4, -0.2) is 76.8 Å². The van der Waals surface area contributed by atoms with Gasteiger partial charge in [-0.3, -0.25) is 4.55 Å². The van der Waals surface area contributed by atoms with Gasteiger partial charge in [-0.2, -0.15) is 44.1 Å². The average Bonchev–Trinajstić information content (AvgIpc) is 3.22. The Morgan fingerprint density at radius 2 is 1.67 bits per heavy atom. The predicted octanol–water partition coefficient (Wildman–Crippen LogP) is 8.32. The number of azo groups is 2. The number of halogens is 1. The van der Waals surface area contributed by atoms with Crippen LogP contribution in [0.1, 0.15) is 42.0 Å². The molecule has 0 atom stereocenters. The summed E-state index contributed by atoms with van der Waals surface area (Å²) in [5.74, 6) is -0.598. The molecule has 20 nitrogen and oxygen atoms in total. The van der Waals surface area contributed by atoms with E-state index in [1.165, 1.54) is 13.1 Å². The van der Waals surface area contributed by atoms with Gasteiger partial charge in [-0.1, -0.05) is 60.6 Å². The van der Waals surface area contributed by atoms with E-state index in [2.05, 4.69) is 77.0 Å². The summed E-state index contributed by atoms with van der Waals surface area (Å²) in [6.07, 6.45) is 1.85. The standard InChI is InChI=1S/C38H38FN15O5S.Cu/c1-6-15-42-35-31(52-41-5)23(3)30(40-4)34(46-35)43-16-10-17-44-37-47-36(39)48-38(49-37)45-28-19-26(60(57,58)59)20-29(32(28)56)51-54-33(24-11-8-7-9-12-24)53-50-27-18-22(2)13-14-25(27)21-55;/h7-9,11-14,18-20H,6,10,15-17H2,1-3,5H3,(H6-,41,42,43,44,45,46,47,48,49,50,51,52,53,54,55,56,57,58,59);/q-2;+2. The Morgan fingerprint density at radius 3 is 2.36 bits per heavy atom. The van der Waals surface area contributed by atoms with Crippen molar-refractivity contribution < 1.29 is 44.3 Å². The van der Waals surface area contributed by atoms with E-state index in [1.54, 1.807) is 62.6 Å². The third-order valence-electron chi connectivity index (χ3n) is 8.18. The van der Waals surface area contributed by atoms with Crippen LogP contribution in [0.25, 0.3) is 10.3 Å². The number of aromatic hydroxyl groups is 1. The molecule has 2 heterocycles. The van der Waals surface area contributed by atoms with E-state index in [0.29, 0.717) is 53.6 Å². The molecule has 5 rings (SSSR count). The van der Waals surface area contributed by atoms with E-state index in [0.717, 1.165) is 24.1 Å². The van der Waals surface area contributed by atoms with Gasteiger partial charge in [0.1, 0.15) is 17.3 Å². The van der Waals surface area contributed by atoms with Crippen LogP contribution in [0.3, 0.4) is 0 Å². The van der Waals surface area contributed by atoms with Crippen molar-refractivity contribution in [1.29, 1.82) is 0 Å². The summed E-state index contributed by atoms with van der Waals surface area (Å²) in [6, 6.07) is 15.0. The number of nitrogens with one attached hydrogen (secondary N) is 4. The van der Waals surface area contributed by atoms with Crippen molar-refractivity contribution in [3.05, 3.63) is 106 Å². The van der Waals surface area contributed by atoms with Gasteiger partial charge >= 0.3 is 23.1 Å². The molecule has 0 saturated heterocycles. The van der Waals surface area contributed by atoms with Crippen LogP contribution in [0.5, 0.6) is 5.75 Å². The number of hydrogen-bond donors (Lipinski definition) is 6. The molecule has 0 fully saturated rings. The van der Waals surface area contributed by atoms with Crippen LogP contribution in [0.15, 0.2) is 91.1 Å². The van der Waals surface area contributed by atoms with Crippen LogP contribution < -0.4 is 21.3 Å². The Bertz CT molecular complexity index is 2610. The zero-order chi connectivity index (χ0) is 43.2. The van der Waals surface area contributed by atoms with Crippen molar-refractivity contribution in [3.63, 3.8) is 0 Å². The third kappa shape index (κ3) is 12.5. The van der Waals surface area contributed by atoms with Gasteiger partial charge in [-0.25, -0.2) is 14.9 Å². The van der Waals surface area contributed by atoms with Gasteiger partial charge in [-0.05, 0) is 44.0 Å². The maximum absolute atomic E-state index is 14.7. The molecular formula is C38H38CuFN15O5S. The van der Waals surface area contributed by atoms with Gasteiger partial charge in [0.25, 0.3) is 10.1 Å². The normalized spacial score (nSPS) is 11.5. The van der Waals surface area contributed by atoms with Gasteiger partial charge < -0.3 is 41.7 Å². The number of pyridine rings is 1. The van der Waals surface area contributed by atoms with E-state index in [-0.39, 0.29) is 46.6 Å². The third-order valence-corrected chi connectivity index (χ3v) is 9.01. The second kappa shape index (κ2) is 21.8. The first-order valence-corrected chi connectivity index (χ1v) is 19.5. The number of amidine groups is 1. The Hall–Kier alpha value is -6.99. The molecule has 0 aliphatic rings. The zero-order valence-electron chi connectivity index (χ0n) is 32.9. The first-order chi connectivity index (χ1) is 28.8. The van der Waals surface area contributed by atoms with Gasteiger partial charge in [-0.15, -0.1) is 16.7 Å². The summed E-state index contributed by atoms with van der Waals surface area (Å²) in [5.41, 5.74) is 6.08. The van der Waals surface area contributed by atoms with Gasteiger partial charge in [0.2, 0.25) is 17.6 Å². The van der Waals surface area contributed by atoms with Crippen LogP contribution in [0, 0.1) is 26.5 Å². The zero-order valence-corrected chi connectivity index (χ0v) is 34.7. The minimum atomic E-state index is -4.89. The van der Waals surface area contributed by atoms with E-state index >= 15 is 0 Å². The van der Waals surface area contributed by atoms with Crippen LogP contribution in [0.2, 0.25) is 0 Å². The molecule has 0 aliphatic heterocycles. The fraction of sp³-hybridized carbons (Fsp3) is 0.237. The Labute approximate surface area is 360 Å². The molecule has 6 N–H and O–H groups in total. The number of phenols is 1. The molecular weight excluding hydrogens is 861 g/mol. The van der Waals surface area contributed by atoms with Crippen molar-refractivity contribution in [2.45, 2.75) is 38.5 Å². The maximum Gasteiger partial charge on any atom is 2.00 e. The monoisotopic (exact) mass is 898 g/mol. The molecule has 0 bridgehead atoms. The molecule has 319 valence electrons. The number of carbonyl (C=O) groups excluding carboxylic acids is 1. The number of aromatic nitrogens is 4. The first kappa shape index (κ1) is 46.7. The van der Waals surface area contributed by atoms with E-state index in [1.807, 2.05) is 6.92 Å². The second-order valence-corrected chi connectivity index (χ2v) is 14.0. The number of benzene rings is 3. The molecule has 0 spiro atoms. The summed E-state index contributed by atoms with van der Waals surface area (Å²) in [4.78, 5) is 30.3. The smallest absolute Gasteiger partial charge is 0.571 e. The average molecular weight is 899 g/mol. The Balaban J connectivity index is 0.00000819. The summed E-state index contributed by atoms with van der Waals surface area (Å²) < 4.78 is 49.2. The minimum Gasteiger partial charge on any atom is -0.571 e. The largest absolute Gasteiger partial charge is 2.00 e. The fourth-order valence-electron chi connectivity index (χ4n) is 5.28. The number of phenolic OH excluding ortho intramolecular Hbond substituents is 1. The second-order valence-electron chi connectivity index (χ2n) is 12.6. The molecule has 5 aromatic rings. The SMILES string of the molecule is [C-]#[N+]c1c(NCCCNc2nc(F)nc(Nc3cc(S(=O)(=O)O)cc([N-]/N=C(\N=Nc4cc(C)ccc4[C-]=O)c4ccccc4)c3O)n2)nc(NCCC)c(N=NC)c1C.[Cu+2]. The van der Waals surface area contributed by atoms with Crippen molar-refractivity contribution in [2.24, 2.45) is 25.6 Å². The maximum atomic E-state index is 14.7. The van der Waals surface area contributed by atoms with Gasteiger partial charge in [0.05, 0.1) is 23.4 Å². The number of anilines is 5. The number of nitrogens with zero attached hydrogens (tertiary/aromatic N) is 11.